The molecule has 88 valence electrons. The molecule has 0 aromatic rings. The predicted octanol–water partition coefficient (Wildman–Crippen LogP) is 1.57. The summed E-state index contributed by atoms with van der Waals surface area (Å²) in [4.78, 5) is 0. The Morgan fingerprint density at radius 1 is 1.27 bits per heavy atom. The molecule has 2 saturated heterocycles. The molecule has 3 nitrogen and oxygen atoms in total. The van der Waals surface area contributed by atoms with Crippen molar-refractivity contribution in [3.8, 4) is 0 Å². The molecule has 1 N–H and O–H groups in total. The zero-order valence-corrected chi connectivity index (χ0v) is 9.92. The van der Waals surface area contributed by atoms with E-state index < -0.39 is 0 Å². The van der Waals surface area contributed by atoms with E-state index >= 15 is 0 Å². The highest BCUT2D eigenvalue weighted by atomic mass is 16.5. The first-order chi connectivity index (χ1) is 7.16. The number of hydrogen-bond donors (Lipinski definition) is 1. The summed E-state index contributed by atoms with van der Waals surface area (Å²) in [5.74, 6) is 0.732. The molecule has 0 aromatic heterocycles. The van der Waals surface area contributed by atoms with Crippen LogP contribution in [0.15, 0.2) is 0 Å². The smallest absolute Gasteiger partial charge is 0.0641 e. The van der Waals surface area contributed by atoms with Gasteiger partial charge in [0.2, 0.25) is 0 Å². The fraction of sp³-hybridized carbons (Fsp3) is 1.00. The molecule has 0 amide bonds. The zero-order chi connectivity index (χ0) is 10.7. The monoisotopic (exact) mass is 213 g/mol. The van der Waals surface area contributed by atoms with Gasteiger partial charge in [-0.3, -0.25) is 0 Å². The van der Waals surface area contributed by atoms with Crippen LogP contribution in [0.25, 0.3) is 0 Å². The number of ether oxygens (including phenoxy) is 2. The standard InChI is InChI=1S/C12H23NO2/c1-12(2)7-11(4-6-15-12)13-8-10-3-5-14-9-10/h10-11,13H,3-9H2,1-2H3. The Kier molecular flexibility index (Phi) is 3.65. The second-order valence-corrected chi connectivity index (χ2v) is 5.44. The summed E-state index contributed by atoms with van der Waals surface area (Å²) in [5, 5.41) is 3.66. The van der Waals surface area contributed by atoms with E-state index in [2.05, 4.69) is 19.2 Å². The fourth-order valence-electron chi connectivity index (χ4n) is 2.48. The van der Waals surface area contributed by atoms with Crippen molar-refractivity contribution in [3.05, 3.63) is 0 Å². The Morgan fingerprint density at radius 3 is 2.80 bits per heavy atom. The van der Waals surface area contributed by atoms with Crippen LogP contribution in [0.1, 0.15) is 33.1 Å². The maximum atomic E-state index is 5.70. The Hall–Kier alpha value is -0.120. The molecule has 2 heterocycles. The maximum absolute atomic E-state index is 5.70. The minimum atomic E-state index is 0.0576. The van der Waals surface area contributed by atoms with Gasteiger partial charge < -0.3 is 14.8 Å². The number of nitrogens with one attached hydrogen (secondary N) is 1. The van der Waals surface area contributed by atoms with Gasteiger partial charge in [0.05, 0.1) is 12.2 Å². The van der Waals surface area contributed by atoms with Crippen LogP contribution in [-0.4, -0.2) is 38.0 Å². The van der Waals surface area contributed by atoms with Gasteiger partial charge in [-0.2, -0.15) is 0 Å². The Bertz CT molecular complexity index is 200. The van der Waals surface area contributed by atoms with Crippen molar-refractivity contribution in [2.75, 3.05) is 26.4 Å². The van der Waals surface area contributed by atoms with Gasteiger partial charge in [-0.1, -0.05) is 0 Å². The van der Waals surface area contributed by atoms with Gasteiger partial charge in [0.1, 0.15) is 0 Å². The fourth-order valence-corrected chi connectivity index (χ4v) is 2.48. The highest BCUT2D eigenvalue weighted by Crippen LogP contribution is 2.24. The van der Waals surface area contributed by atoms with E-state index in [1.807, 2.05) is 0 Å². The Morgan fingerprint density at radius 2 is 2.13 bits per heavy atom. The molecular weight excluding hydrogens is 190 g/mol. The van der Waals surface area contributed by atoms with Crippen molar-refractivity contribution < 1.29 is 9.47 Å². The lowest BCUT2D eigenvalue weighted by atomic mass is 9.93. The topological polar surface area (TPSA) is 30.5 Å². The summed E-state index contributed by atoms with van der Waals surface area (Å²) < 4.78 is 11.1. The maximum Gasteiger partial charge on any atom is 0.0641 e. The second kappa shape index (κ2) is 4.81. The van der Waals surface area contributed by atoms with Gasteiger partial charge in [0.25, 0.3) is 0 Å². The third-order valence-corrected chi connectivity index (χ3v) is 3.42. The summed E-state index contributed by atoms with van der Waals surface area (Å²) in [6.45, 7) is 8.26. The minimum absolute atomic E-state index is 0.0576. The first-order valence-electron chi connectivity index (χ1n) is 6.11. The first-order valence-corrected chi connectivity index (χ1v) is 6.11. The quantitative estimate of drug-likeness (QED) is 0.772. The van der Waals surface area contributed by atoms with Crippen LogP contribution in [0.3, 0.4) is 0 Å². The molecule has 0 bridgehead atoms. The van der Waals surface area contributed by atoms with E-state index in [0.29, 0.717) is 6.04 Å². The highest BCUT2D eigenvalue weighted by Gasteiger charge is 2.29. The number of rotatable bonds is 3. The van der Waals surface area contributed by atoms with Crippen LogP contribution in [0.4, 0.5) is 0 Å². The lowest BCUT2D eigenvalue weighted by Crippen LogP contribution is -2.45. The van der Waals surface area contributed by atoms with E-state index in [-0.39, 0.29) is 5.60 Å². The predicted molar refractivity (Wildman–Crippen MR) is 60.0 cm³/mol. The van der Waals surface area contributed by atoms with Crippen LogP contribution in [-0.2, 0) is 9.47 Å². The van der Waals surface area contributed by atoms with Gasteiger partial charge in [0.15, 0.2) is 0 Å². The van der Waals surface area contributed by atoms with Gasteiger partial charge in [-0.05, 0) is 39.0 Å². The largest absolute Gasteiger partial charge is 0.381 e. The van der Waals surface area contributed by atoms with Crippen molar-refractivity contribution in [1.29, 1.82) is 0 Å². The van der Waals surface area contributed by atoms with Gasteiger partial charge in [-0.15, -0.1) is 0 Å². The summed E-state index contributed by atoms with van der Waals surface area (Å²) in [7, 11) is 0. The average Bonchev–Trinajstić information content (AvgIpc) is 2.65. The van der Waals surface area contributed by atoms with E-state index in [1.54, 1.807) is 0 Å². The molecule has 0 aromatic carbocycles. The van der Waals surface area contributed by atoms with Crippen LogP contribution >= 0.6 is 0 Å². The van der Waals surface area contributed by atoms with Gasteiger partial charge in [-0.25, -0.2) is 0 Å². The van der Waals surface area contributed by atoms with Crippen LogP contribution in [0.5, 0.6) is 0 Å². The van der Waals surface area contributed by atoms with E-state index in [1.165, 1.54) is 6.42 Å². The molecule has 2 aliphatic heterocycles. The highest BCUT2D eigenvalue weighted by molar-refractivity contribution is 4.83. The normalized spacial score (nSPS) is 35.6. The first kappa shape index (κ1) is 11.4. The van der Waals surface area contributed by atoms with Gasteiger partial charge >= 0.3 is 0 Å². The average molecular weight is 213 g/mol. The molecular formula is C12H23NO2. The van der Waals surface area contributed by atoms with Crippen molar-refractivity contribution in [1.82, 2.24) is 5.32 Å². The third-order valence-electron chi connectivity index (χ3n) is 3.42. The van der Waals surface area contributed by atoms with E-state index in [4.69, 9.17) is 9.47 Å². The summed E-state index contributed by atoms with van der Waals surface area (Å²) in [6.07, 6.45) is 3.50. The van der Waals surface area contributed by atoms with Crippen molar-refractivity contribution in [2.24, 2.45) is 5.92 Å². The molecule has 2 aliphatic rings. The molecule has 0 radical (unpaired) electrons. The van der Waals surface area contributed by atoms with Crippen molar-refractivity contribution in [3.63, 3.8) is 0 Å². The molecule has 2 rings (SSSR count). The van der Waals surface area contributed by atoms with Crippen LogP contribution in [0, 0.1) is 5.92 Å². The molecule has 3 heteroatoms. The van der Waals surface area contributed by atoms with E-state index in [0.717, 1.165) is 45.1 Å². The minimum Gasteiger partial charge on any atom is -0.381 e. The molecule has 0 spiro atoms. The van der Waals surface area contributed by atoms with Crippen LogP contribution in [0.2, 0.25) is 0 Å². The number of hydrogen-bond acceptors (Lipinski definition) is 3. The lowest BCUT2D eigenvalue weighted by molar-refractivity contribution is -0.0631. The molecule has 2 atom stereocenters. The summed E-state index contributed by atoms with van der Waals surface area (Å²) in [5.41, 5.74) is 0.0576. The SMILES string of the molecule is CC1(C)CC(NCC2CCOC2)CCO1. The summed E-state index contributed by atoms with van der Waals surface area (Å²) in [6, 6.07) is 0.634. The van der Waals surface area contributed by atoms with Crippen molar-refractivity contribution >= 4 is 0 Å². The molecule has 2 unspecified atom stereocenters. The molecule has 0 aliphatic carbocycles. The third kappa shape index (κ3) is 3.44. The zero-order valence-electron chi connectivity index (χ0n) is 9.92. The molecule has 15 heavy (non-hydrogen) atoms. The second-order valence-electron chi connectivity index (χ2n) is 5.44. The molecule has 2 fully saturated rings. The van der Waals surface area contributed by atoms with Gasteiger partial charge in [0, 0.05) is 25.8 Å². The summed E-state index contributed by atoms with van der Waals surface area (Å²) >= 11 is 0. The van der Waals surface area contributed by atoms with E-state index in [9.17, 15) is 0 Å². The molecule has 0 saturated carbocycles. The Balaban J connectivity index is 1.69. The Labute approximate surface area is 92.5 Å². The van der Waals surface area contributed by atoms with Crippen molar-refractivity contribution in [2.45, 2.75) is 44.8 Å². The van der Waals surface area contributed by atoms with Crippen LogP contribution < -0.4 is 5.32 Å². The lowest BCUT2D eigenvalue weighted by Gasteiger charge is -2.36.